The van der Waals surface area contributed by atoms with Gasteiger partial charge in [0.25, 0.3) is 0 Å². The van der Waals surface area contributed by atoms with Crippen molar-refractivity contribution in [3.8, 4) is 5.75 Å². The van der Waals surface area contributed by atoms with Crippen LogP contribution in [0.3, 0.4) is 0 Å². The number of hydrogen-bond acceptors (Lipinski definition) is 3. The second kappa shape index (κ2) is 6.94. The summed E-state index contributed by atoms with van der Waals surface area (Å²) in [5.41, 5.74) is 0. The third-order valence-corrected chi connectivity index (χ3v) is 4.53. The van der Waals surface area contributed by atoms with Crippen molar-refractivity contribution in [2.45, 2.75) is 12.5 Å². The Morgan fingerprint density at radius 1 is 1.05 bits per heavy atom. The van der Waals surface area contributed by atoms with Gasteiger partial charge in [-0.2, -0.15) is 0 Å². The van der Waals surface area contributed by atoms with E-state index in [4.69, 9.17) is 16.5 Å². The number of rotatable bonds is 6. The van der Waals surface area contributed by atoms with Gasteiger partial charge in [-0.1, -0.05) is 42.5 Å². The Kier molecular flexibility index (Phi) is 4.76. The minimum Gasteiger partial charge on any atom is -0.484 e. The van der Waals surface area contributed by atoms with Crippen LogP contribution in [0, 0.1) is 0 Å². The molecule has 2 aromatic carbocycles. The SMILES string of the molecule is ClNCCC(Oc1cccc2ccccc12)c1cccs1. The first kappa shape index (κ1) is 14.4. The van der Waals surface area contributed by atoms with Gasteiger partial charge >= 0.3 is 0 Å². The van der Waals surface area contributed by atoms with E-state index in [1.807, 2.05) is 30.3 Å². The molecule has 0 spiro atoms. The number of halogens is 1. The molecule has 4 heteroatoms. The van der Waals surface area contributed by atoms with E-state index >= 15 is 0 Å². The molecule has 0 radical (unpaired) electrons. The first-order valence-electron chi connectivity index (χ1n) is 6.90. The summed E-state index contributed by atoms with van der Waals surface area (Å²) in [6.07, 6.45) is 0.842. The molecule has 2 nitrogen and oxygen atoms in total. The van der Waals surface area contributed by atoms with E-state index in [2.05, 4.69) is 34.5 Å². The van der Waals surface area contributed by atoms with Crippen LogP contribution in [0.25, 0.3) is 10.8 Å². The van der Waals surface area contributed by atoms with E-state index in [1.54, 1.807) is 11.3 Å². The van der Waals surface area contributed by atoms with E-state index < -0.39 is 0 Å². The number of nitrogens with one attached hydrogen (secondary N) is 1. The zero-order valence-electron chi connectivity index (χ0n) is 11.5. The zero-order valence-corrected chi connectivity index (χ0v) is 13.0. The minimum atomic E-state index is 0.0158. The number of hydrogen-bond donors (Lipinski definition) is 1. The molecular weight excluding hydrogens is 302 g/mol. The molecule has 3 rings (SSSR count). The second-order valence-electron chi connectivity index (χ2n) is 4.77. The van der Waals surface area contributed by atoms with Crippen LogP contribution in [-0.2, 0) is 0 Å². The molecule has 1 atom stereocenters. The van der Waals surface area contributed by atoms with E-state index in [9.17, 15) is 0 Å². The third-order valence-electron chi connectivity index (χ3n) is 3.38. The molecule has 1 N–H and O–H groups in total. The van der Waals surface area contributed by atoms with Gasteiger partial charge in [0.05, 0.1) is 0 Å². The van der Waals surface area contributed by atoms with Gasteiger partial charge in [-0.05, 0) is 34.7 Å². The van der Waals surface area contributed by atoms with Gasteiger partial charge in [-0.15, -0.1) is 11.3 Å². The standard InChI is InChI=1S/C17H16ClNOS/c18-19-11-10-16(17-9-4-12-21-17)20-15-8-3-6-13-5-1-2-7-14(13)15/h1-9,12,16,19H,10-11H2. The van der Waals surface area contributed by atoms with Gasteiger partial charge in [-0.25, -0.2) is 4.84 Å². The van der Waals surface area contributed by atoms with Crippen molar-refractivity contribution in [3.05, 3.63) is 64.9 Å². The van der Waals surface area contributed by atoms with Crippen LogP contribution in [0.4, 0.5) is 0 Å². The maximum atomic E-state index is 6.29. The largest absolute Gasteiger partial charge is 0.484 e. The summed E-state index contributed by atoms with van der Waals surface area (Å²) >= 11 is 7.31. The Hall–Kier alpha value is -1.55. The third kappa shape index (κ3) is 3.38. The highest BCUT2D eigenvalue weighted by Gasteiger charge is 2.15. The lowest BCUT2D eigenvalue weighted by Gasteiger charge is -2.19. The van der Waals surface area contributed by atoms with Crippen molar-refractivity contribution in [2.75, 3.05) is 6.54 Å². The van der Waals surface area contributed by atoms with Crippen LogP contribution in [-0.4, -0.2) is 6.54 Å². The summed E-state index contributed by atoms with van der Waals surface area (Å²) in [7, 11) is 0. The summed E-state index contributed by atoms with van der Waals surface area (Å²) in [5.74, 6) is 0.918. The maximum absolute atomic E-state index is 6.29. The molecule has 0 aliphatic rings. The van der Waals surface area contributed by atoms with Crippen LogP contribution in [0.15, 0.2) is 60.0 Å². The Bertz CT molecular complexity index is 694. The quantitative estimate of drug-likeness (QED) is 0.634. The van der Waals surface area contributed by atoms with Crippen molar-refractivity contribution in [1.29, 1.82) is 0 Å². The van der Waals surface area contributed by atoms with Crippen LogP contribution >= 0.6 is 23.1 Å². The molecule has 0 amide bonds. The summed E-state index contributed by atoms with van der Waals surface area (Å²) in [5, 5.41) is 4.40. The Labute approximate surface area is 133 Å². The lowest BCUT2D eigenvalue weighted by Crippen LogP contribution is -2.12. The highest BCUT2D eigenvalue weighted by atomic mass is 35.5. The van der Waals surface area contributed by atoms with Crippen LogP contribution in [0.5, 0.6) is 5.75 Å². The number of thiophene rings is 1. The normalized spacial score (nSPS) is 12.4. The lowest BCUT2D eigenvalue weighted by molar-refractivity contribution is 0.203. The second-order valence-corrected chi connectivity index (χ2v) is 6.02. The highest BCUT2D eigenvalue weighted by Crippen LogP contribution is 2.32. The molecule has 0 fully saturated rings. The number of fused-ring (bicyclic) bond motifs is 1. The molecule has 0 saturated heterocycles. The smallest absolute Gasteiger partial charge is 0.134 e. The average Bonchev–Trinajstić information content (AvgIpc) is 3.06. The van der Waals surface area contributed by atoms with Gasteiger partial charge in [0.1, 0.15) is 11.9 Å². The summed E-state index contributed by atoms with van der Waals surface area (Å²) in [4.78, 5) is 3.90. The topological polar surface area (TPSA) is 21.3 Å². The maximum Gasteiger partial charge on any atom is 0.134 e. The summed E-state index contributed by atoms with van der Waals surface area (Å²) < 4.78 is 6.29. The van der Waals surface area contributed by atoms with Gasteiger partial charge in [0.15, 0.2) is 0 Å². The number of ether oxygens (including phenoxy) is 1. The predicted molar refractivity (Wildman–Crippen MR) is 90.1 cm³/mol. The van der Waals surface area contributed by atoms with Gasteiger partial charge in [0.2, 0.25) is 0 Å². The Morgan fingerprint density at radius 3 is 2.71 bits per heavy atom. The Morgan fingerprint density at radius 2 is 1.90 bits per heavy atom. The average molecular weight is 318 g/mol. The highest BCUT2D eigenvalue weighted by molar-refractivity contribution is 7.10. The fourth-order valence-electron chi connectivity index (χ4n) is 2.37. The van der Waals surface area contributed by atoms with Crippen LogP contribution < -0.4 is 9.57 Å². The van der Waals surface area contributed by atoms with E-state index in [0.717, 1.165) is 17.6 Å². The Balaban J connectivity index is 1.90. The molecule has 1 heterocycles. The first-order chi connectivity index (χ1) is 10.4. The van der Waals surface area contributed by atoms with E-state index in [0.29, 0.717) is 6.54 Å². The fourth-order valence-corrected chi connectivity index (χ4v) is 3.27. The first-order valence-corrected chi connectivity index (χ1v) is 8.15. The van der Waals surface area contributed by atoms with Crippen molar-refractivity contribution in [3.63, 3.8) is 0 Å². The lowest BCUT2D eigenvalue weighted by atomic mass is 10.1. The van der Waals surface area contributed by atoms with Crippen molar-refractivity contribution < 1.29 is 4.74 Å². The van der Waals surface area contributed by atoms with Crippen LogP contribution in [0.1, 0.15) is 17.4 Å². The monoisotopic (exact) mass is 317 g/mol. The predicted octanol–water partition coefficient (Wildman–Crippen LogP) is 5.15. The molecule has 0 saturated carbocycles. The van der Waals surface area contributed by atoms with Gasteiger partial charge in [-0.3, -0.25) is 0 Å². The van der Waals surface area contributed by atoms with E-state index in [-0.39, 0.29) is 6.10 Å². The molecule has 0 aliphatic heterocycles. The zero-order chi connectivity index (χ0) is 14.5. The molecule has 0 aliphatic carbocycles. The molecule has 1 aromatic heterocycles. The van der Waals surface area contributed by atoms with Crippen molar-refractivity contribution in [1.82, 2.24) is 4.84 Å². The summed E-state index contributed by atoms with van der Waals surface area (Å²) in [6, 6.07) is 18.6. The molecule has 21 heavy (non-hydrogen) atoms. The van der Waals surface area contributed by atoms with Crippen molar-refractivity contribution in [2.24, 2.45) is 0 Å². The molecule has 108 valence electrons. The van der Waals surface area contributed by atoms with E-state index in [1.165, 1.54) is 10.3 Å². The fraction of sp³-hybridized carbons (Fsp3) is 0.176. The molecule has 0 bridgehead atoms. The van der Waals surface area contributed by atoms with Crippen LogP contribution in [0.2, 0.25) is 0 Å². The van der Waals surface area contributed by atoms with Crippen molar-refractivity contribution >= 4 is 33.9 Å². The minimum absolute atomic E-state index is 0.0158. The number of benzene rings is 2. The molecular formula is C17H16ClNOS. The summed E-state index contributed by atoms with van der Waals surface area (Å²) in [6.45, 7) is 0.703. The van der Waals surface area contributed by atoms with Gasteiger partial charge < -0.3 is 4.74 Å². The molecule has 1 unspecified atom stereocenters. The van der Waals surface area contributed by atoms with Gasteiger partial charge in [0, 0.05) is 23.2 Å². The molecule has 3 aromatic rings.